The minimum absolute atomic E-state index is 1.31. The molecule has 0 saturated heterocycles. The van der Waals surface area contributed by atoms with Gasteiger partial charge in [-0.3, -0.25) is 0 Å². The predicted molar refractivity (Wildman–Crippen MR) is 110 cm³/mol. The van der Waals surface area contributed by atoms with Gasteiger partial charge >= 0.3 is 0 Å². The fraction of sp³-hybridized carbons (Fsp3) is 0. The van der Waals surface area contributed by atoms with E-state index in [0.717, 1.165) is 0 Å². The molecule has 0 N–H and O–H groups in total. The molecule has 0 unspecified atom stereocenters. The highest BCUT2D eigenvalue weighted by Gasteiger charge is 2.12. The second-order valence-corrected chi connectivity index (χ2v) is 8.36. The molecule has 24 heavy (non-hydrogen) atoms. The predicted octanol–water partition coefficient (Wildman–Crippen LogP) is 7.58. The fourth-order valence-corrected chi connectivity index (χ4v) is 6.32. The summed E-state index contributed by atoms with van der Waals surface area (Å²) in [5.74, 6) is 0. The van der Waals surface area contributed by atoms with E-state index < -0.39 is 0 Å². The fourth-order valence-electron chi connectivity index (χ4n) is 3.64. The van der Waals surface area contributed by atoms with Crippen LogP contribution >= 0.6 is 22.7 Å². The zero-order chi connectivity index (χ0) is 15.7. The Kier molecular flexibility index (Phi) is 2.46. The van der Waals surface area contributed by atoms with Gasteiger partial charge in [-0.1, -0.05) is 42.5 Å². The van der Waals surface area contributed by atoms with Crippen LogP contribution in [-0.4, -0.2) is 0 Å². The molecule has 4 aromatic carbocycles. The molecule has 0 aliphatic carbocycles. The highest BCUT2D eigenvalue weighted by Crippen LogP contribution is 2.45. The van der Waals surface area contributed by atoms with Crippen molar-refractivity contribution in [2.45, 2.75) is 0 Å². The van der Waals surface area contributed by atoms with Gasteiger partial charge in [-0.25, -0.2) is 0 Å². The second-order valence-electron chi connectivity index (χ2n) is 6.25. The summed E-state index contributed by atoms with van der Waals surface area (Å²) in [5.41, 5.74) is 0. The molecule has 0 aliphatic rings. The van der Waals surface area contributed by atoms with Crippen molar-refractivity contribution in [3.05, 3.63) is 72.8 Å². The molecule has 2 heteroatoms. The minimum Gasteiger partial charge on any atom is -0.134 e. The maximum atomic E-state index is 2.38. The Morgan fingerprint density at radius 1 is 0.458 bits per heavy atom. The van der Waals surface area contributed by atoms with Crippen molar-refractivity contribution in [2.24, 2.45) is 0 Å². The second kappa shape index (κ2) is 4.56. The van der Waals surface area contributed by atoms with Gasteiger partial charge in [0.2, 0.25) is 0 Å². The number of hydrogen-bond acceptors (Lipinski definition) is 2. The Labute approximate surface area is 146 Å². The first-order valence-electron chi connectivity index (χ1n) is 8.03. The molecule has 0 radical (unpaired) electrons. The summed E-state index contributed by atoms with van der Waals surface area (Å²) in [6, 6.07) is 26.7. The third kappa shape index (κ3) is 1.67. The highest BCUT2D eigenvalue weighted by molar-refractivity contribution is 7.36. The monoisotopic (exact) mass is 340 g/mol. The van der Waals surface area contributed by atoms with E-state index in [1.54, 1.807) is 0 Å². The van der Waals surface area contributed by atoms with E-state index in [1.807, 2.05) is 22.7 Å². The number of rotatable bonds is 0. The van der Waals surface area contributed by atoms with Gasteiger partial charge in [-0.05, 0) is 51.9 Å². The van der Waals surface area contributed by atoms with Gasteiger partial charge in [0.25, 0.3) is 0 Å². The van der Waals surface area contributed by atoms with Crippen molar-refractivity contribution in [1.29, 1.82) is 0 Å². The van der Waals surface area contributed by atoms with Crippen LogP contribution in [0.5, 0.6) is 0 Å². The summed E-state index contributed by atoms with van der Waals surface area (Å²) in [4.78, 5) is 0. The highest BCUT2D eigenvalue weighted by atomic mass is 32.1. The summed E-state index contributed by atoms with van der Waals surface area (Å²) in [7, 11) is 0. The standard InChI is InChI=1S/C22H12S2/c1-2-6-14-10-16-12-20-18(11-15(16)9-13(14)5-1)22-21(24-20)17-7-3-4-8-19(17)23-22/h1-12H. The van der Waals surface area contributed by atoms with Crippen molar-refractivity contribution < 1.29 is 0 Å². The lowest BCUT2D eigenvalue weighted by atomic mass is 10.0. The molecular weight excluding hydrogens is 328 g/mol. The van der Waals surface area contributed by atoms with Crippen LogP contribution in [-0.2, 0) is 0 Å². The van der Waals surface area contributed by atoms with E-state index in [0.29, 0.717) is 0 Å². The molecule has 0 fully saturated rings. The Hall–Kier alpha value is -2.42. The molecule has 112 valence electrons. The van der Waals surface area contributed by atoms with Crippen LogP contribution < -0.4 is 0 Å². The molecule has 0 amide bonds. The molecule has 0 atom stereocenters. The Balaban J connectivity index is 1.80. The lowest BCUT2D eigenvalue weighted by Crippen LogP contribution is -1.76. The van der Waals surface area contributed by atoms with Gasteiger partial charge in [0.15, 0.2) is 0 Å². The van der Waals surface area contributed by atoms with Gasteiger partial charge in [0.05, 0.1) is 9.40 Å². The van der Waals surface area contributed by atoms with Crippen molar-refractivity contribution in [3.63, 3.8) is 0 Å². The molecule has 0 spiro atoms. The van der Waals surface area contributed by atoms with Gasteiger partial charge < -0.3 is 0 Å². The van der Waals surface area contributed by atoms with Gasteiger partial charge in [0.1, 0.15) is 0 Å². The first kappa shape index (κ1) is 12.9. The Morgan fingerprint density at radius 3 is 1.92 bits per heavy atom. The Bertz CT molecular complexity index is 1390. The molecule has 0 nitrogen and oxygen atoms in total. The van der Waals surface area contributed by atoms with E-state index in [9.17, 15) is 0 Å². The van der Waals surface area contributed by atoms with Crippen LogP contribution in [0.15, 0.2) is 72.8 Å². The van der Waals surface area contributed by atoms with Crippen molar-refractivity contribution in [2.75, 3.05) is 0 Å². The van der Waals surface area contributed by atoms with Crippen LogP contribution in [0.25, 0.3) is 51.1 Å². The summed E-state index contributed by atoms with van der Waals surface area (Å²) >= 11 is 3.85. The molecule has 0 saturated carbocycles. The van der Waals surface area contributed by atoms with Gasteiger partial charge in [-0.15, -0.1) is 22.7 Å². The number of thiophene rings is 2. The largest absolute Gasteiger partial charge is 0.134 e. The first-order valence-corrected chi connectivity index (χ1v) is 9.66. The topological polar surface area (TPSA) is 0 Å². The first-order chi connectivity index (χ1) is 11.9. The summed E-state index contributed by atoms with van der Waals surface area (Å²) in [5, 5.41) is 8.09. The maximum Gasteiger partial charge on any atom is 0.0542 e. The zero-order valence-corrected chi connectivity index (χ0v) is 14.4. The normalized spacial score (nSPS) is 12.2. The molecular formula is C22H12S2. The summed E-state index contributed by atoms with van der Waals surface area (Å²) in [6.45, 7) is 0. The van der Waals surface area contributed by atoms with E-state index >= 15 is 0 Å². The lowest BCUT2D eigenvalue weighted by Gasteiger charge is -2.03. The molecule has 0 bridgehead atoms. The third-order valence-electron chi connectivity index (χ3n) is 4.81. The van der Waals surface area contributed by atoms with Crippen molar-refractivity contribution in [1.82, 2.24) is 0 Å². The van der Waals surface area contributed by atoms with Crippen LogP contribution in [0.2, 0.25) is 0 Å². The van der Waals surface area contributed by atoms with E-state index in [-0.39, 0.29) is 0 Å². The number of fused-ring (bicyclic) bond motifs is 7. The average molecular weight is 340 g/mol. The van der Waals surface area contributed by atoms with Crippen molar-refractivity contribution in [3.8, 4) is 0 Å². The zero-order valence-electron chi connectivity index (χ0n) is 12.7. The van der Waals surface area contributed by atoms with Crippen LogP contribution in [0.1, 0.15) is 0 Å². The molecule has 6 aromatic rings. The van der Waals surface area contributed by atoms with E-state index in [2.05, 4.69) is 72.8 Å². The smallest absolute Gasteiger partial charge is 0.0542 e. The quantitative estimate of drug-likeness (QED) is 0.250. The summed E-state index contributed by atoms with van der Waals surface area (Å²) in [6.07, 6.45) is 0. The molecule has 2 heterocycles. The van der Waals surface area contributed by atoms with Crippen LogP contribution in [0.4, 0.5) is 0 Å². The number of hydrogen-bond donors (Lipinski definition) is 0. The number of benzene rings is 4. The van der Waals surface area contributed by atoms with Gasteiger partial charge in [-0.2, -0.15) is 0 Å². The Morgan fingerprint density at radius 2 is 1.08 bits per heavy atom. The summed E-state index contributed by atoms with van der Waals surface area (Å²) < 4.78 is 5.65. The van der Waals surface area contributed by atoms with Crippen LogP contribution in [0, 0.1) is 0 Å². The molecule has 6 rings (SSSR count). The van der Waals surface area contributed by atoms with E-state index in [4.69, 9.17) is 0 Å². The van der Waals surface area contributed by atoms with Crippen LogP contribution in [0.3, 0.4) is 0 Å². The lowest BCUT2D eigenvalue weighted by molar-refractivity contribution is 1.80. The average Bonchev–Trinajstić information content (AvgIpc) is 3.14. The third-order valence-corrected chi connectivity index (χ3v) is 7.33. The van der Waals surface area contributed by atoms with E-state index in [1.165, 1.54) is 51.1 Å². The maximum absolute atomic E-state index is 2.38. The minimum atomic E-state index is 1.31. The van der Waals surface area contributed by atoms with Crippen molar-refractivity contribution >= 4 is 73.8 Å². The molecule has 0 aliphatic heterocycles. The van der Waals surface area contributed by atoms with Gasteiger partial charge in [0, 0.05) is 20.2 Å². The molecule has 2 aromatic heterocycles. The SMILES string of the molecule is c1ccc2cc3cc4c(cc3cc2c1)sc1c2ccccc2sc41.